The Labute approximate surface area is 186 Å². The minimum atomic E-state index is -3.79. The summed E-state index contributed by atoms with van der Waals surface area (Å²) in [6.45, 7) is 1.93. The quantitative estimate of drug-likeness (QED) is 0.562. The summed E-state index contributed by atoms with van der Waals surface area (Å²) < 4.78 is 34.1. The van der Waals surface area contributed by atoms with Crippen molar-refractivity contribution in [3.8, 4) is 5.75 Å². The predicted molar refractivity (Wildman–Crippen MR) is 121 cm³/mol. The molecule has 0 fully saturated rings. The molecule has 0 radical (unpaired) electrons. The van der Waals surface area contributed by atoms with E-state index >= 15 is 0 Å². The Morgan fingerprint density at radius 3 is 2.73 bits per heavy atom. The molecule has 0 saturated heterocycles. The van der Waals surface area contributed by atoms with Crippen LogP contribution in [0.25, 0.3) is 0 Å². The first-order valence-electron chi connectivity index (χ1n) is 9.64. The highest BCUT2D eigenvalue weighted by Gasteiger charge is 2.28. The lowest BCUT2D eigenvalue weighted by Gasteiger charge is -2.35. The third-order valence-electron chi connectivity index (χ3n) is 5.41. The summed E-state index contributed by atoms with van der Waals surface area (Å²) in [6, 6.07) is 15.0. The Balaban J connectivity index is 1.58. The minimum Gasteiger partial charge on any atom is -0.495 e. The molecule has 1 N–H and O–H groups in total. The average Bonchev–Trinajstić information content (AvgIpc) is 3.28. The van der Waals surface area contributed by atoms with Crippen LogP contribution < -0.4 is 9.46 Å². The lowest BCUT2D eigenvalue weighted by atomic mass is 9.97. The zero-order valence-corrected chi connectivity index (χ0v) is 18.9. The number of nitrogens with one attached hydrogen (secondary N) is 1. The van der Waals surface area contributed by atoms with E-state index in [4.69, 9.17) is 16.3 Å². The van der Waals surface area contributed by atoms with Crippen molar-refractivity contribution in [2.24, 2.45) is 0 Å². The van der Waals surface area contributed by atoms with Crippen LogP contribution in [0.4, 0.5) is 0 Å². The molecule has 0 bridgehead atoms. The maximum atomic E-state index is 13.1. The number of hydrogen-bond acceptors (Lipinski definition) is 5. The van der Waals surface area contributed by atoms with Gasteiger partial charge in [-0.3, -0.25) is 4.90 Å². The van der Waals surface area contributed by atoms with E-state index in [1.807, 2.05) is 5.38 Å². The van der Waals surface area contributed by atoms with Crippen molar-refractivity contribution in [3.05, 3.63) is 81.0 Å². The molecule has 1 aliphatic rings. The molecule has 30 heavy (non-hydrogen) atoms. The third-order valence-corrected chi connectivity index (χ3v) is 7.79. The molecular weight excluding hydrogens is 440 g/mol. The van der Waals surface area contributed by atoms with Gasteiger partial charge in [-0.15, -0.1) is 0 Å². The summed E-state index contributed by atoms with van der Waals surface area (Å²) in [6.07, 6.45) is 0.950. The molecule has 0 saturated carbocycles. The van der Waals surface area contributed by atoms with E-state index in [0.717, 1.165) is 25.1 Å². The third kappa shape index (κ3) is 4.55. The number of nitrogens with zero attached hydrogens (tertiary/aromatic N) is 1. The Hall–Kier alpha value is -1.90. The van der Waals surface area contributed by atoms with Gasteiger partial charge < -0.3 is 4.74 Å². The van der Waals surface area contributed by atoms with Gasteiger partial charge in [0, 0.05) is 30.7 Å². The van der Waals surface area contributed by atoms with Crippen molar-refractivity contribution in [1.82, 2.24) is 9.62 Å². The number of halogens is 1. The van der Waals surface area contributed by atoms with Gasteiger partial charge in [-0.1, -0.05) is 35.9 Å². The fourth-order valence-electron chi connectivity index (χ4n) is 3.83. The Morgan fingerprint density at radius 1 is 1.20 bits per heavy atom. The van der Waals surface area contributed by atoms with Gasteiger partial charge >= 0.3 is 0 Å². The molecule has 4 rings (SSSR count). The second-order valence-electron chi connectivity index (χ2n) is 7.21. The summed E-state index contributed by atoms with van der Waals surface area (Å²) in [5, 5.41) is 4.45. The number of benzene rings is 2. The summed E-state index contributed by atoms with van der Waals surface area (Å²) in [4.78, 5) is 2.38. The van der Waals surface area contributed by atoms with Crippen LogP contribution in [0.1, 0.15) is 22.7 Å². The molecule has 1 aromatic heterocycles. The van der Waals surface area contributed by atoms with Crippen LogP contribution in [-0.2, 0) is 23.0 Å². The molecule has 1 atom stereocenters. The van der Waals surface area contributed by atoms with E-state index in [1.165, 1.54) is 24.3 Å². The molecule has 1 unspecified atom stereocenters. The topological polar surface area (TPSA) is 58.6 Å². The highest BCUT2D eigenvalue weighted by atomic mass is 35.5. The number of methoxy groups -OCH3 is 1. The van der Waals surface area contributed by atoms with Crippen LogP contribution in [0.15, 0.2) is 64.2 Å². The Morgan fingerprint density at radius 2 is 2.00 bits per heavy atom. The number of rotatable bonds is 7. The summed E-state index contributed by atoms with van der Waals surface area (Å²) in [5.41, 5.74) is 3.77. The lowest BCUT2D eigenvalue weighted by molar-refractivity contribution is 0.180. The van der Waals surface area contributed by atoms with Gasteiger partial charge in [0.05, 0.1) is 7.11 Å². The zero-order chi connectivity index (χ0) is 21.1. The second kappa shape index (κ2) is 9.08. The van der Waals surface area contributed by atoms with Crippen LogP contribution in [0.5, 0.6) is 5.75 Å². The molecule has 0 aliphatic carbocycles. The molecular formula is C22H23ClN2O3S2. The number of sulfonamides is 1. The standard InChI is InChI=1S/C22H23ClN2O3S2/c1-28-21-7-6-19(23)12-22(21)30(26,27)24-13-20(18-9-11-29-15-18)25-10-8-16-4-2-3-5-17(16)14-25/h2-7,9,11-12,15,20,24H,8,10,13-14H2,1H3. The fraction of sp³-hybridized carbons (Fsp3) is 0.273. The van der Waals surface area contributed by atoms with E-state index < -0.39 is 10.0 Å². The first-order chi connectivity index (χ1) is 14.5. The van der Waals surface area contributed by atoms with Crippen molar-refractivity contribution in [1.29, 1.82) is 0 Å². The molecule has 2 heterocycles. The second-order valence-corrected chi connectivity index (χ2v) is 10.2. The smallest absolute Gasteiger partial charge is 0.244 e. The van der Waals surface area contributed by atoms with Gasteiger partial charge in [-0.05, 0) is 58.1 Å². The van der Waals surface area contributed by atoms with Crippen molar-refractivity contribution in [2.75, 3.05) is 20.2 Å². The maximum absolute atomic E-state index is 13.1. The van der Waals surface area contributed by atoms with Crippen LogP contribution in [-0.4, -0.2) is 33.5 Å². The predicted octanol–water partition coefficient (Wildman–Crippen LogP) is 4.49. The molecule has 158 valence electrons. The monoisotopic (exact) mass is 462 g/mol. The number of thiophene rings is 1. The first-order valence-corrected chi connectivity index (χ1v) is 12.4. The zero-order valence-electron chi connectivity index (χ0n) is 16.5. The Bertz CT molecular complexity index is 1120. The minimum absolute atomic E-state index is 0.0468. The van der Waals surface area contributed by atoms with Crippen LogP contribution in [0.3, 0.4) is 0 Å². The van der Waals surface area contributed by atoms with Gasteiger partial charge in [0.15, 0.2) is 0 Å². The van der Waals surface area contributed by atoms with Gasteiger partial charge in [0.2, 0.25) is 10.0 Å². The van der Waals surface area contributed by atoms with E-state index in [-0.39, 0.29) is 23.2 Å². The van der Waals surface area contributed by atoms with E-state index in [9.17, 15) is 8.42 Å². The molecule has 2 aromatic carbocycles. The molecule has 0 spiro atoms. The largest absolute Gasteiger partial charge is 0.495 e. The Kier molecular flexibility index (Phi) is 6.46. The van der Waals surface area contributed by atoms with E-state index in [0.29, 0.717) is 5.02 Å². The molecule has 1 aliphatic heterocycles. The van der Waals surface area contributed by atoms with Gasteiger partial charge in [-0.25, -0.2) is 13.1 Å². The fourth-order valence-corrected chi connectivity index (χ4v) is 6.01. The normalized spacial score (nSPS) is 15.5. The highest BCUT2D eigenvalue weighted by Crippen LogP contribution is 2.30. The van der Waals surface area contributed by atoms with Gasteiger partial charge in [-0.2, -0.15) is 11.3 Å². The van der Waals surface area contributed by atoms with Crippen LogP contribution in [0.2, 0.25) is 5.02 Å². The average molecular weight is 463 g/mol. The summed E-state index contributed by atoms with van der Waals surface area (Å²) in [7, 11) is -2.35. The lowest BCUT2D eigenvalue weighted by Crippen LogP contribution is -2.40. The van der Waals surface area contributed by atoms with Crippen molar-refractivity contribution in [3.63, 3.8) is 0 Å². The number of ether oxygens (including phenoxy) is 1. The molecule has 3 aromatic rings. The highest BCUT2D eigenvalue weighted by molar-refractivity contribution is 7.89. The summed E-state index contributed by atoms with van der Waals surface area (Å²) >= 11 is 7.65. The van der Waals surface area contributed by atoms with Gasteiger partial charge in [0.25, 0.3) is 0 Å². The van der Waals surface area contributed by atoms with E-state index in [1.54, 1.807) is 23.5 Å². The molecule has 0 amide bonds. The van der Waals surface area contributed by atoms with Gasteiger partial charge in [0.1, 0.15) is 10.6 Å². The molecule has 8 heteroatoms. The number of fused-ring (bicyclic) bond motifs is 1. The first kappa shape index (κ1) is 21.3. The maximum Gasteiger partial charge on any atom is 0.244 e. The summed E-state index contributed by atoms with van der Waals surface area (Å²) in [5.74, 6) is 0.269. The molecule has 5 nitrogen and oxygen atoms in total. The van der Waals surface area contributed by atoms with Crippen molar-refractivity contribution >= 4 is 33.0 Å². The van der Waals surface area contributed by atoms with Crippen molar-refractivity contribution in [2.45, 2.75) is 23.9 Å². The van der Waals surface area contributed by atoms with E-state index in [2.05, 4.69) is 45.3 Å². The SMILES string of the molecule is COc1ccc(Cl)cc1S(=O)(=O)NCC(c1ccsc1)N1CCc2ccccc2C1. The van der Waals surface area contributed by atoms with Crippen molar-refractivity contribution < 1.29 is 13.2 Å². The van der Waals surface area contributed by atoms with Crippen LogP contribution >= 0.6 is 22.9 Å². The number of hydrogen-bond donors (Lipinski definition) is 1. The van der Waals surface area contributed by atoms with Crippen LogP contribution in [0, 0.1) is 0 Å².